The molecule has 0 aliphatic carbocycles. The van der Waals surface area contributed by atoms with E-state index in [4.69, 9.17) is 0 Å². The molecular weight excluding hydrogens is 327 g/mol. The minimum Gasteiger partial charge on any atom is -0.387 e. The van der Waals surface area contributed by atoms with Gasteiger partial charge in [-0.05, 0) is 35.9 Å². The molecule has 0 saturated carbocycles. The summed E-state index contributed by atoms with van der Waals surface area (Å²) in [5.74, 6) is -0.691. The van der Waals surface area contributed by atoms with Crippen LogP contribution >= 0.6 is 11.3 Å². The Morgan fingerprint density at radius 3 is 2.75 bits per heavy atom. The SMILES string of the molecule is O=C(/C=C/c1nc2ccccc2s1)NCC(O)c1ccc(F)cc1. The Morgan fingerprint density at radius 2 is 2.00 bits per heavy atom. The summed E-state index contributed by atoms with van der Waals surface area (Å²) in [5.41, 5.74) is 1.45. The molecule has 122 valence electrons. The normalized spacial score (nSPS) is 12.6. The molecule has 3 aromatic rings. The van der Waals surface area contributed by atoms with Gasteiger partial charge >= 0.3 is 0 Å². The molecule has 6 heteroatoms. The monoisotopic (exact) mass is 342 g/mol. The van der Waals surface area contributed by atoms with Crippen molar-refractivity contribution in [1.29, 1.82) is 0 Å². The number of rotatable bonds is 5. The van der Waals surface area contributed by atoms with Crippen LogP contribution in [0.5, 0.6) is 0 Å². The Hall–Kier alpha value is -2.57. The van der Waals surface area contributed by atoms with Gasteiger partial charge in [-0.3, -0.25) is 4.79 Å². The summed E-state index contributed by atoms with van der Waals surface area (Å²) in [4.78, 5) is 16.2. The summed E-state index contributed by atoms with van der Waals surface area (Å²) in [6, 6.07) is 13.3. The van der Waals surface area contributed by atoms with E-state index >= 15 is 0 Å². The number of hydrogen-bond acceptors (Lipinski definition) is 4. The number of carbonyl (C=O) groups excluding carboxylic acids is 1. The lowest BCUT2D eigenvalue weighted by Gasteiger charge is -2.11. The lowest BCUT2D eigenvalue weighted by atomic mass is 10.1. The molecule has 4 nitrogen and oxygen atoms in total. The van der Waals surface area contributed by atoms with E-state index in [2.05, 4.69) is 10.3 Å². The molecule has 0 aliphatic rings. The van der Waals surface area contributed by atoms with Gasteiger partial charge in [0.1, 0.15) is 10.8 Å². The number of halogens is 1. The zero-order valence-electron chi connectivity index (χ0n) is 12.6. The second kappa shape index (κ2) is 7.33. The Balaban J connectivity index is 1.56. The van der Waals surface area contributed by atoms with E-state index in [0.717, 1.165) is 15.2 Å². The summed E-state index contributed by atoms with van der Waals surface area (Å²) in [7, 11) is 0. The van der Waals surface area contributed by atoms with Crippen molar-refractivity contribution in [2.75, 3.05) is 6.54 Å². The number of aliphatic hydroxyl groups is 1. The molecule has 2 N–H and O–H groups in total. The number of thiazole rings is 1. The van der Waals surface area contributed by atoms with Crippen LogP contribution in [0.2, 0.25) is 0 Å². The number of carbonyl (C=O) groups is 1. The van der Waals surface area contributed by atoms with Crippen LogP contribution in [-0.2, 0) is 4.79 Å². The number of benzene rings is 2. The van der Waals surface area contributed by atoms with Crippen molar-refractivity contribution in [3.8, 4) is 0 Å². The zero-order valence-corrected chi connectivity index (χ0v) is 13.5. The fraction of sp³-hybridized carbons (Fsp3) is 0.111. The first-order chi connectivity index (χ1) is 11.6. The van der Waals surface area contributed by atoms with Crippen LogP contribution in [0.3, 0.4) is 0 Å². The molecule has 1 atom stereocenters. The summed E-state index contributed by atoms with van der Waals surface area (Å²) in [6.07, 6.45) is 2.14. The largest absolute Gasteiger partial charge is 0.387 e. The van der Waals surface area contributed by atoms with Crippen molar-refractivity contribution in [2.45, 2.75) is 6.10 Å². The molecule has 1 aromatic heterocycles. The van der Waals surface area contributed by atoms with Gasteiger partial charge in [-0.2, -0.15) is 0 Å². The fourth-order valence-electron chi connectivity index (χ4n) is 2.17. The van der Waals surface area contributed by atoms with Gasteiger partial charge in [-0.1, -0.05) is 24.3 Å². The lowest BCUT2D eigenvalue weighted by molar-refractivity contribution is -0.116. The summed E-state index contributed by atoms with van der Waals surface area (Å²) >= 11 is 1.50. The first kappa shape index (κ1) is 16.3. The van der Waals surface area contributed by atoms with Crippen LogP contribution in [0, 0.1) is 5.82 Å². The number of nitrogens with one attached hydrogen (secondary N) is 1. The Bertz CT molecular complexity index is 841. The number of fused-ring (bicyclic) bond motifs is 1. The number of hydrogen-bond donors (Lipinski definition) is 2. The average molecular weight is 342 g/mol. The molecule has 1 heterocycles. The minimum absolute atomic E-state index is 0.0502. The van der Waals surface area contributed by atoms with E-state index < -0.39 is 6.10 Å². The molecular formula is C18H15FN2O2S. The summed E-state index contributed by atoms with van der Waals surface area (Å²) < 4.78 is 13.9. The molecule has 0 saturated heterocycles. The molecule has 0 aliphatic heterocycles. The molecule has 24 heavy (non-hydrogen) atoms. The first-order valence-electron chi connectivity index (χ1n) is 7.37. The maximum Gasteiger partial charge on any atom is 0.244 e. The fourth-order valence-corrected chi connectivity index (χ4v) is 3.04. The van der Waals surface area contributed by atoms with Crippen molar-refractivity contribution >= 4 is 33.5 Å². The van der Waals surface area contributed by atoms with Gasteiger partial charge in [-0.15, -0.1) is 11.3 Å². The molecule has 2 aromatic carbocycles. The van der Waals surface area contributed by atoms with Crippen molar-refractivity contribution in [1.82, 2.24) is 10.3 Å². The van der Waals surface area contributed by atoms with Gasteiger partial charge in [0.25, 0.3) is 0 Å². The van der Waals surface area contributed by atoms with Crippen molar-refractivity contribution in [3.63, 3.8) is 0 Å². The number of nitrogens with zero attached hydrogens (tertiary/aromatic N) is 1. The van der Waals surface area contributed by atoms with Gasteiger partial charge in [0.15, 0.2) is 0 Å². The number of aliphatic hydroxyl groups excluding tert-OH is 1. The van der Waals surface area contributed by atoms with Gasteiger partial charge < -0.3 is 10.4 Å². The Kier molecular flexibility index (Phi) is 4.98. The van der Waals surface area contributed by atoms with Gasteiger partial charge in [0.05, 0.1) is 16.3 Å². The van der Waals surface area contributed by atoms with Crippen LogP contribution in [-0.4, -0.2) is 22.5 Å². The second-order valence-corrected chi connectivity index (χ2v) is 6.23. The van der Waals surface area contributed by atoms with Crippen LogP contribution in [0.4, 0.5) is 4.39 Å². The highest BCUT2D eigenvalue weighted by Gasteiger charge is 2.08. The number of amides is 1. The van der Waals surface area contributed by atoms with E-state index in [-0.39, 0.29) is 18.3 Å². The van der Waals surface area contributed by atoms with Crippen molar-refractivity contribution < 1.29 is 14.3 Å². The smallest absolute Gasteiger partial charge is 0.244 e. The van der Waals surface area contributed by atoms with E-state index in [0.29, 0.717) is 5.56 Å². The number of para-hydroxylation sites is 1. The highest BCUT2D eigenvalue weighted by molar-refractivity contribution is 7.19. The second-order valence-electron chi connectivity index (χ2n) is 5.17. The highest BCUT2D eigenvalue weighted by Crippen LogP contribution is 2.22. The lowest BCUT2D eigenvalue weighted by Crippen LogP contribution is -2.26. The third-order valence-corrected chi connectivity index (χ3v) is 4.41. The molecule has 0 bridgehead atoms. The predicted octanol–water partition coefficient (Wildman–Crippen LogP) is 3.30. The molecule has 1 amide bonds. The van der Waals surface area contributed by atoms with E-state index in [9.17, 15) is 14.3 Å². The number of aromatic nitrogens is 1. The maximum atomic E-state index is 12.8. The summed E-state index contributed by atoms with van der Waals surface area (Å²) in [5, 5.41) is 13.3. The molecule has 0 radical (unpaired) electrons. The van der Waals surface area contributed by atoms with Crippen LogP contribution in [0.1, 0.15) is 16.7 Å². The quantitative estimate of drug-likeness (QED) is 0.700. The van der Waals surface area contributed by atoms with Gasteiger partial charge in [0.2, 0.25) is 5.91 Å². The average Bonchev–Trinajstić information content (AvgIpc) is 3.01. The van der Waals surface area contributed by atoms with E-state index in [1.807, 2.05) is 24.3 Å². The first-order valence-corrected chi connectivity index (χ1v) is 8.18. The Labute approximate surface area is 142 Å². The molecule has 0 spiro atoms. The third kappa shape index (κ3) is 4.04. The van der Waals surface area contributed by atoms with Crippen LogP contribution < -0.4 is 5.32 Å². The molecule has 3 rings (SSSR count). The zero-order chi connectivity index (χ0) is 16.9. The Morgan fingerprint density at radius 1 is 1.25 bits per heavy atom. The van der Waals surface area contributed by atoms with Crippen molar-refractivity contribution in [2.24, 2.45) is 0 Å². The van der Waals surface area contributed by atoms with E-state index in [1.165, 1.54) is 41.7 Å². The minimum atomic E-state index is -0.884. The van der Waals surface area contributed by atoms with Gasteiger partial charge in [0, 0.05) is 12.6 Å². The van der Waals surface area contributed by atoms with Crippen molar-refractivity contribution in [3.05, 3.63) is 71.0 Å². The third-order valence-electron chi connectivity index (χ3n) is 3.41. The topological polar surface area (TPSA) is 62.2 Å². The molecule has 0 fully saturated rings. The van der Waals surface area contributed by atoms with E-state index in [1.54, 1.807) is 6.08 Å². The van der Waals surface area contributed by atoms with Gasteiger partial charge in [-0.25, -0.2) is 9.37 Å². The highest BCUT2D eigenvalue weighted by atomic mass is 32.1. The summed E-state index contributed by atoms with van der Waals surface area (Å²) in [6.45, 7) is 0.0502. The van der Waals surface area contributed by atoms with Crippen LogP contribution in [0.15, 0.2) is 54.6 Å². The van der Waals surface area contributed by atoms with Crippen LogP contribution in [0.25, 0.3) is 16.3 Å². The maximum absolute atomic E-state index is 12.8. The molecule has 1 unspecified atom stereocenters. The standard InChI is InChI=1S/C18H15FN2O2S/c19-13-7-5-12(6-8-13)15(22)11-20-17(23)9-10-18-21-14-3-1-2-4-16(14)24-18/h1-10,15,22H,11H2,(H,20,23)/b10-9+. The predicted molar refractivity (Wildman–Crippen MR) is 93.0 cm³/mol.